The molecule has 1 aromatic heterocycles. The lowest BCUT2D eigenvalue weighted by Gasteiger charge is -2.38. The summed E-state index contributed by atoms with van der Waals surface area (Å²) in [6.07, 6.45) is 3.11. The van der Waals surface area contributed by atoms with Crippen LogP contribution in [-0.4, -0.2) is 40.5 Å². The van der Waals surface area contributed by atoms with Crippen LogP contribution >= 0.6 is 11.6 Å². The molecule has 1 saturated heterocycles. The van der Waals surface area contributed by atoms with Crippen molar-refractivity contribution in [2.45, 2.75) is 45.2 Å². The monoisotopic (exact) mass is 360 g/mol. The Morgan fingerprint density at radius 2 is 1.92 bits per heavy atom. The van der Waals surface area contributed by atoms with Crippen LogP contribution in [0.3, 0.4) is 0 Å². The first kappa shape index (κ1) is 17.7. The molecule has 1 fully saturated rings. The molecule has 1 aliphatic heterocycles. The maximum atomic E-state index is 12.4. The average Bonchev–Trinajstić information content (AvgIpc) is 2.59. The molecule has 0 spiro atoms. The molecule has 1 amide bonds. The number of rotatable bonds is 3. The Morgan fingerprint density at radius 3 is 2.64 bits per heavy atom. The fraction of sp³-hybridized carbons (Fsp3) is 0.421. The third kappa shape index (κ3) is 3.93. The number of hydrogen-bond donors (Lipinski definition) is 0. The minimum absolute atomic E-state index is 0.137. The zero-order valence-corrected chi connectivity index (χ0v) is 15.1. The first-order chi connectivity index (χ1) is 12.0. The van der Waals surface area contributed by atoms with Crippen molar-refractivity contribution in [3.05, 3.63) is 41.0 Å². The van der Waals surface area contributed by atoms with Gasteiger partial charge in [-0.25, -0.2) is 9.78 Å². The molecule has 25 heavy (non-hydrogen) atoms. The number of aromatic nitrogens is 1. The van der Waals surface area contributed by atoms with Gasteiger partial charge in [-0.15, -0.1) is 0 Å². The third-order valence-electron chi connectivity index (χ3n) is 4.70. The second-order valence-electron chi connectivity index (χ2n) is 6.55. The smallest absolute Gasteiger partial charge is 0.338 e. The number of benzene rings is 1. The Morgan fingerprint density at radius 1 is 1.20 bits per heavy atom. The van der Waals surface area contributed by atoms with E-state index in [9.17, 15) is 9.59 Å². The van der Waals surface area contributed by atoms with E-state index in [1.807, 2.05) is 18.7 Å². The molecule has 0 radical (unpaired) electrons. The van der Waals surface area contributed by atoms with Crippen molar-refractivity contribution < 1.29 is 14.3 Å². The molecule has 1 aliphatic rings. The summed E-state index contributed by atoms with van der Waals surface area (Å²) in [6.45, 7) is 3.85. The lowest BCUT2D eigenvalue weighted by molar-refractivity contribution is -0.140. The minimum atomic E-state index is -0.512. The van der Waals surface area contributed by atoms with E-state index in [-0.39, 0.29) is 24.6 Å². The van der Waals surface area contributed by atoms with Crippen LogP contribution in [-0.2, 0) is 9.53 Å². The fourth-order valence-electron chi connectivity index (χ4n) is 3.43. The maximum absolute atomic E-state index is 12.4. The predicted octanol–water partition coefficient (Wildman–Crippen LogP) is 3.83. The molecule has 5 nitrogen and oxygen atoms in total. The molecule has 2 unspecified atom stereocenters. The number of hydrogen-bond acceptors (Lipinski definition) is 4. The zero-order chi connectivity index (χ0) is 18.0. The average molecular weight is 361 g/mol. The van der Waals surface area contributed by atoms with E-state index in [1.54, 1.807) is 30.3 Å². The van der Waals surface area contributed by atoms with Crippen molar-refractivity contribution in [2.75, 3.05) is 6.61 Å². The van der Waals surface area contributed by atoms with Crippen LogP contribution in [0.2, 0.25) is 5.15 Å². The molecule has 0 saturated carbocycles. The maximum Gasteiger partial charge on any atom is 0.338 e. The number of piperidine rings is 1. The zero-order valence-electron chi connectivity index (χ0n) is 14.4. The Hall–Kier alpha value is -2.14. The lowest BCUT2D eigenvalue weighted by atomic mass is 9.97. The van der Waals surface area contributed by atoms with Gasteiger partial charge in [-0.2, -0.15) is 0 Å². The predicted molar refractivity (Wildman–Crippen MR) is 96.7 cm³/mol. The van der Waals surface area contributed by atoms with E-state index < -0.39 is 5.97 Å². The van der Waals surface area contributed by atoms with Gasteiger partial charge in [0, 0.05) is 17.5 Å². The normalized spacial score (nSPS) is 20.5. The number of carbonyl (C=O) groups is 2. The summed E-state index contributed by atoms with van der Waals surface area (Å²) in [4.78, 5) is 30.7. The highest BCUT2D eigenvalue weighted by Crippen LogP contribution is 2.23. The van der Waals surface area contributed by atoms with E-state index in [2.05, 4.69) is 4.98 Å². The van der Waals surface area contributed by atoms with E-state index >= 15 is 0 Å². The van der Waals surface area contributed by atoms with Crippen molar-refractivity contribution in [3.63, 3.8) is 0 Å². The second kappa shape index (κ2) is 7.40. The van der Waals surface area contributed by atoms with Crippen LogP contribution in [0.5, 0.6) is 0 Å². The van der Waals surface area contributed by atoms with Gasteiger partial charge >= 0.3 is 5.97 Å². The van der Waals surface area contributed by atoms with E-state index in [1.165, 1.54) is 0 Å². The highest BCUT2D eigenvalue weighted by atomic mass is 35.5. The fourth-order valence-corrected chi connectivity index (χ4v) is 3.58. The van der Waals surface area contributed by atoms with Crippen LogP contribution in [0.25, 0.3) is 10.9 Å². The summed E-state index contributed by atoms with van der Waals surface area (Å²) in [5.41, 5.74) is 1.10. The van der Waals surface area contributed by atoms with Crippen LogP contribution in [0, 0.1) is 0 Å². The van der Waals surface area contributed by atoms with Gasteiger partial charge in [0.1, 0.15) is 5.15 Å². The first-order valence-electron chi connectivity index (χ1n) is 8.50. The number of pyridine rings is 1. The minimum Gasteiger partial charge on any atom is -0.452 e. The molecule has 1 aromatic carbocycles. The van der Waals surface area contributed by atoms with Crippen molar-refractivity contribution in [1.82, 2.24) is 9.88 Å². The van der Waals surface area contributed by atoms with Gasteiger partial charge in [-0.3, -0.25) is 4.79 Å². The van der Waals surface area contributed by atoms with Gasteiger partial charge < -0.3 is 9.64 Å². The highest BCUT2D eigenvalue weighted by molar-refractivity contribution is 6.29. The first-order valence-corrected chi connectivity index (χ1v) is 8.88. The number of amides is 1. The number of nitrogens with zero attached hydrogens (tertiary/aromatic N) is 2. The van der Waals surface area contributed by atoms with Gasteiger partial charge in [0.25, 0.3) is 5.91 Å². The largest absolute Gasteiger partial charge is 0.452 e. The van der Waals surface area contributed by atoms with Gasteiger partial charge in [0.05, 0.1) is 11.1 Å². The number of fused-ring (bicyclic) bond motifs is 1. The quantitative estimate of drug-likeness (QED) is 0.616. The summed E-state index contributed by atoms with van der Waals surface area (Å²) in [7, 11) is 0. The van der Waals surface area contributed by atoms with Gasteiger partial charge in [-0.1, -0.05) is 11.6 Å². The number of ether oxygens (including phenoxy) is 1. The van der Waals surface area contributed by atoms with Gasteiger partial charge in [0.15, 0.2) is 6.61 Å². The highest BCUT2D eigenvalue weighted by Gasteiger charge is 2.29. The second-order valence-corrected chi connectivity index (χ2v) is 6.93. The molecule has 2 heterocycles. The third-order valence-corrected chi connectivity index (χ3v) is 4.91. The molecule has 2 atom stereocenters. The standard InChI is InChI=1S/C19H21ClN2O3/c1-12-4-3-5-13(2)22(12)18(23)11-25-19(24)15-6-8-16-14(10-15)7-9-17(20)21-16/h6-10,12-13H,3-5,11H2,1-2H3. The van der Waals surface area contributed by atoms with Crippen LogP contribution < -0.4 is 0 Å². The number of halogens is 1. The molecule has 0 aliphatic carbocycles. The molecule has 132 valence electrons. The molecule has 3 rings (SSSR count). The van der Waals surface area contributed by atoms with Crippen LogP contribution in [0.1, 0.15) is 43.5 Å². The van der Waals surface area contributed by atoms with Crippen LogP contribution in [0.15, 0.2) is 30.3 Å². The molecular weight excluding hydrogens is 340 g/mol. The summed E-state index contributed by atoms with van der Waals surface area (Å²) in [5, 5.41) is 1.20. The van der Waals surface area contributed by atoms with Crippen molar-refractivity contribution in [2.24, 2.45) is 0 Å². The summed E-state index contributed by atoms with van der Waals surface area (Å²) in [5.74, 6) is -0.648. The molecule has 2 aromatic rings. The molecule has 0 bridgehead atoms. The summed E-state index contributed by atoms with van der Waals surface area (Å²) < 4.78 is 5.24. The summed E-state index contributed by atoms with van der Waals surface area (Å²) >= 11 is 5.86. The van der Waals surface area contributed by atoms with E-state index in [4.69, 9.17) is 16.3 Å². The number of carbonyl (C=O) groups excluding carboxylic acids is 2. The number of esters is 1. The van der Waals surface area contributed by atoms with E-state index in [0.29, 0.717) is 16.2 Å². The lowest BCUT2D eigenvalue weighted by Crippen LogP contribution is -2.49. The van der Waals surface area contributed by atoms with Crippen LogP contribution in [0.4, 0.5) is 0 Å². The Labute approximate surface area is 151 Å². The summed E-state index contributed by atoms with van der Waals surface area (Å²) in [6, 6.07) is 8.88. The van der Waals surface area contributed by atoms with Gasteiger partial charge in [-0.05, 0) is 63.4 Å². The Bertz CT molecular complexity index is 798. The van der Waals surface area contributed by atoms with Crippen molar-refractivity contribution in [3.8, 4) is 0 Å². The number of likely N-dealkylation sites (tertiary alicyclic amines) is 1. The molecule has 0 N–H and O–H groups in total. The van der Waals surface area contributed by atoms with Crippen molar-refractivity contribution in [1.29, 1.82) is 0 Å². The SMILES string of the molecule is CC1CCCC(C)N1C(=O)COC(=O)c1ccc2nc(Cl)ccc2c1. The van der Waals surface area contributed by atoms with Crippen molar-refractivity contribution >= 4 is 34.4 Å². The molecular formula is C19H21ClN2O3. The Balaban J connectivity index is 1.66. The Kier molecular flexibility index (Phi) is 5.23. The molecule has 6 heteroatoms. The van der Waals surface area contributed by atoms with Gasteiger partial charge in [0.2, 0.25) is 0 Å². The van der Waals surface area contributed by atoms with E-state index in [0.717, 1.165) is 24.6 Å². The topological polar surface area (TPSA) is 59.5 Å².